The first-order valence-electron chi connectivity index (χ1n) is 11.5. The van der Waals surface area contributed by atoms with Gasteiger partial charge in [-0.3, -0.25) is 9.36 Å². The van der Waals surface area contributed by atoms with Gasteiger partial charge in [0.25, 0.3) is 5.56 Å². The fourth-order valence-electron chi connectivity index (χ4n) is 4.50. The molecule has 3 heterocycles. The van der Waals surface area contributed by atoms with Gasteiger partial charge in [-0.25, -0.2) is 8.78 Å². The zero-order valence-corrected chi connectivity index (χ0v) is 19.9. The van der Waals surface area contributed by atoms with Crippen LogP contribution in [0.1, 0.15) is 41.0 Å². The van der Waals surface area contributed by atoms with Gasteiger partial charge in [-0.1, -0.05) is 26.5 Å². The van der Waals surface area contributed by atoms with Crippen LogP contribution in [0.3, 0.4) is 0 Å². The Hall–Kier alpha value is -2.22. The molecule has 0 amide bonds. The number of morpholine rings is 1. The Kier molecular flexibility index (Phi) is 7.43. The fourth-order valence-corrected chi connectivity index (χ4v) is 4.50. The van der Waals surface area contributed by atoms with Crippen molar-refractivity contribution in [1.29, 1.82) is 0 Å². The van der Waals surface area contributed by atoms with Gasteiger partial charge in [0.05, 0.1) is 31.8 Å². The largest absolute Gasteiger partial charge is 0.377 e. The van der Waals surface area contributed by atoms with E-state index in [9.17, 15) is 4.79 Å². The van der Waals surface area contributed by atoms with Gasteiger partial charge in [0, 0.05) is 19.2 Å². The SMILES string of the molecule is C=C(C)C(F)(C=CC)C1CCn2c(nc(N3CCOCC3C)cc2=O)N1CC(F)C(C)C. The van der Waals surface area contributed by atoms with Crippen LogP contribution >= 0.6 is 0 Å². The predicted octanol–water partition coefficient (Wildman–Crippen LogP) is 3.90. The number of hydrogen-bond donors (Lipinski definition) is 0. The quantitative estimate of drug-likeness (QED) is 0.590. The molecule has 32 heavy (non-hydrogen) atoms. The van der Waals surface area contributed by atoms with E-state index >= 15 is 8.78 Å². The molecule has 1 saturated heterocycles. The molecular formula is C24H36F2N4O2. The van der Waals surface area contributed by atoms with Crippen molar-refractivity contribution >= 4 is 11.8 Å². The van der Waals surface area contributed by atoms with Gasteiger partial charge in [0.1, 0.15) is 12.0 Å². The Bertz CT molecular complexity index is 916. The number of anilines is 2. The number of ether oxygens (including phenoxy) is 1. The van der Waals surface area contributed by atoms with E-state index in [1.807, 2.05) is 11.8 Å². The molecule has 3 rings (SSSR count). The average Bonchev–Trinajstić information content (AvgIpc) is 2.74. The van der Waals surface area contributed by atoms with Crippen molar-refractivity contribution in [3.05, 3.63) is 40.7 Å². The third-order valence-electron chi connectivity index (χ3n) is 6.54. The highest BCUT2D eigenvalue weighted by molar-refractivity contribution is 5.49. The predicted molar refractivity (Wildman–Crippen MR) is 125 cm³/mol. The minimum atomic E-state index is -1.86. The molecule has 4 atom stereocenters. The van der Waals surface area contributed by atoms with E-state index in [1.165, 1.54) is 16.7 Å². The van der Waals surface area contributed by atoms with Crippen LogP contribution in [0.15, 0.2) is 35.2 Å². The average molecular weight is 451 g/mol. The minimum Gasteiger partial charge on any atom is -0.377 e. The molecule has 0 spiro atoms. The maximum atomic E-state index is 16.3. The van der Waals surface area contributed by atoms with E-state index in [4.69, 9.17) is 9.72 Å². The summed E-state index contributed by atoms with van der Waals surface area (Å²) < 4.78 is 38.4. The van der Waals surface area contributed by atoms with Crippen molar-refractivity contribution in [2.24, 2.45) is 5.92 Å². The maximum Gasteiger partial charge on any atom is 0.257 e. The lowest BCUT2D eigenvalue weighted by Gasteiger charge is -2.45. The van der Waals surface area contributed by atoms with Gasteiger partial charge < -0.3 is 14.5 Å². The number of nitrogens with zero attached hydrogens (tertiary/aromatic N) is 4. The van der Waals surface area contributed by atoms with E-state index in [0.29, 0.717) is 50.1 Å². The Morgan fingerprint density at radius 2 is 2.16 bits per heavy atom. The first-order chi connectivity index (χ1) is 15.1. The second kappa shape index (κ2) is 9.73. The zero-order valence-electron chi connectivity index (χ0n) is 19.9. The van der Waals surface area contributed by atoms with Crippen LogP contribution < -0.4 is 15.4 Å². The molecule has 178 valence electrons. The van der Waals surface area contributed by atoms with Gasteiger partial charge in [-0.15, -0.1) is 0 Å². The Balaban J connectivity index is 2.13. The van der Waals surface area contributed by atoms with Crippen LogP contribution in [0.4, 0.5) is 20.5 Å². The molecule has 0 radical (unpaired) electrons. The number of alkyl halides is 2. The number of allylic oxidation sites excluding steroid dienone is 1. The van der Waals surface area contributed by atoms with Crippen molar-refractivity contribution in [1.82, 2.24) is 9.55 Å². The Morgan fingerprint density at radius 1 is 1.44 bits per heavy atom. The van der Waals surface area contributed by atoms with Crippen LogP contribution in [0, 0.1) is 5.92 Å². The third-order valence-corrected chi connectivity index (χ3v) is 6.54. The summed E-state index contributed by atoms with van der Waals surface area (Å²) in [7, 11) is 0. The summed E-state index contributed by atoms with van der Waals surface area (Å²) in [5, 5.41) is 0. The van der Waals surface area contributed by atoms with E-state index < -0.39 is 17.9 Å². The second-order valence-electron chi connectivity index (χ2n) is 9.29. The monoisotopic (exact) mass is 450 g/mol. The number of fused-ring (bicyclic) bond motifs is 1. The molecule has 2 aliphatic heterocycles. The molecule has 8 heteroatoms. The van der Waals surface area contributed by atoms with Crippen molar-refractivity contribution in [2.45, 2.75) is 71.5 Å². The van der Waals surface area contributed by atoms with Gasteiger partial charge in [-0.2, -0.15) is 4.98 Å². The molecular weight excluding hydrogens is 414 g/mol. The van der Waals surface area contributed by atoms with E-state index in [2.05, 4.69) is 6.58 Å². The van der Waals surface area contributed by atoms with Crippen molar-refractivity contribution < 1.29 is 13.5 Å². The maximum absolute atomic E-state index is 16.3. The van der Waals surface area contributed by atoms with E-state index in [-0.39, 0.29) is 24.1 Å². The number of rotatable bonds is 7. The van der Waals surface area contributed by atoms with E-state index in [1.54, 1.807) is 38.7 Å². The van der Waals surface area contributed by atoms with Gasteiger partial charge in [0.2, 0.25) is 5.95 Å². The standard InChI is InChI=1S/C24H36F2N4O2/c1-7-9-24(26,17(4)5)20-8-10-29-22(31)13-21(28-11-12-32-15-18(28)6)27-23(29)30(20)14-19(25)16(2)3/h7,9,13,16,18-20H,4,8,10-12,14-15H2,1-3,5-6H3. The smallest absolute Gasteiger partial charge is 0.257 e. The summed E-state index contributed by atoms with van der Waals surface area (Å²) in [6.45, 7) is 14.8. The molecule has 1 aromatic rings. The summed E-state index contributed by atoms with van der Waals surface area (Å²) in [4.78, 5) is 21.5. The van der Waals surface area contributed by atoms with Crippen LogP contribution in [-0.2, 0) is 11.3 Å². The van der Waals surface area contributed by atoms with Gasteiger partial charge in [-0.05, 0) is 44.8 Å². The molecule has 0 bridgehead atoms. The van der Waals surface area contributed by atoms with Crippen molar-refractivity contribution in [3.63, 3.8) is 0 Å². The highest BCUT2D eigenvalue weighted by atomic mass is 19.1. The first kappa shape index (κ1) is 24.4. The lowest BCUT2D eigenvalue weighted by Crippen LogP contribution is -2.57. The molecule has 0 saturated carbocycles. The lowest BCUT2D eigenvalue weighted by molar-refractivity contribution is 0.0984. The molecule has 0 aliphatic carbocycles. The number of hydrogen-bond acceptors (Lipinski definition) is 5. The lowest BCUT2D eigenvalue weighted by atomic mass is 9.84. The van der Waals surface area contributed by atoms with E-state index in [0.717, 1.165) is 0 Å². The summed E-state index contributed by atoms with van der Waals surface area (Å²) in [6.07, 6.45) is 2.29. The summed E-state index contributed by atoms with van der Waals surface area (Å²) in [5.41, 5.74) is -1.73. The third kappa shape index (κ3) is 4.60. The molecule has 4 unspecified atom stereocenters. The number of aromatic nitrogens is 2. The van der Waals surface area contributed by atoms with Crippen LogP contribution in [0.2, 0.25) is 0 Å². The topological polar surface area (TPSA) is 50.6 Å². The molecule has 2 aliphatic rings. The summed E-state index contributed by atoms with van der Waals surface area (Å²) in [6, 6.07) is 0.861. The molecule has 1 fully saturated rings. The minimum absolute atomic E-state index is 0.0482. The second-order valence-corrected chi connectivity index (χ2v) is 9.29. The molecule has 1 aromatic heterocycles. The molecule has 0 N–H and O–H groups in total. The molecule has 6 nitrogen and oxygen atoms in total. The summed E-state index contributed by atoms with van der Waals surface area (Å²) in [5.74, 6) is 0.591. The van der Waals surface area contributed by atoms with Crippen molar-refractivity contribution in [2.75, 3.05) is 36.1 Å². The zero-order chi connectivity index (χ0) is 23.6. The highest BCUT2D eigenvalue weighted by Gasteiger charge is 2.45. The summed E-state index contributed by atoms with van der Waals surface area (Å²) >= 11 is 0. The van der Waals surface area contributed by atoms with Gasteiger partial charge in [0.15, 0.2) is 5.67 Å². The first-order valence-corrected chi connectivity index (χ1v) is 11.5. The van der Waals surface area contributed by atoms with Crippen LogP contribution in [-0.4, -0.2) is 59.8 Å². The van der Waals surface area contributed by atoms with Crippen LogP contribution in [0.25, 0.3) is 0 Å². The Morgan fingerprint density at radius 3 is 2.75 bits per heavy atom. The normalized spacial score (nSPS) is 24.5. The number of halogens is 2. The molecule has 0 aromatic carbocycles. The van der Waals surface area contributed by atoms with Gasteiger partial charge >= 0.3 is 0 Å². The highest BCUT2D eigenvalue weighted by Crippen LogP contribution is 2.38. The van der Waals surface area contributed by atoms with Crippen molar-refractivity contribution in [3.8, 4) is 0 Å². The Labute approximate surface area is 189 Å². The fraction of sp³-hybridized carbons (Fsp3) is 0.667. The van der Waals surface area contributed by atoms with Crippen LogP contribution in [0.5, 0.6) is 0 Å².